The normalized spacial score (nSPS) is 18.0. The molecule has 1 aromatic heterocycles. The van der Waals surface area contributed by atoms with Crippen LogP contribution in [0.2, 0.25) is 5.02 Å². The van der Waals surface area contributed by atoms with Gasteiger partial charge < -0.3 is 19.5 Å². The molecule has 4 rings (SSSR count). The minimum absolute atomic E-state index is 0.0224. The lowest BCUT2D eigenvalue weighted by Gasteiger charge is -2.30. The number of nitrogens with one attached hydrogen (secondary N) is 1. The van der Waals surface area contributed by atoms with E-state index in [1.807, 2.05) is 4.90 Å². The Balaban J connectivity index is 1.58. The predicted octanol–water partition coefficient (Wildman–Crippen LogP) is 3.30. The van der Waals surface area contributed by atoms with Crippen molar-refractivity contribution in [1.29, 1.82) is 0 Å². The molecular formula is C20H21ClN4O6S. The summed E-state index contributed by atoms with van der Waals surface area (Å²) in [5.41, 5.74) is 0.227. The number of aromatic nitrogens is 1. The van der Waals surface area contributed by atoms with Crippen LogP contribution in [-0.4, -0.2) is 43.9 Å². The molecule has 1 unspecified atom stereocenters. The number of amides is 1. The molecule has 1 fully saturated rings. The summed E-state index contributed by atoms with van der Waals surface area (Å²) in [5.74, 6) is -0.402. The third kappa shape index (κ3) is 4.35. The molecule has 1 atom stereocenters. The van der Waals surface area contributed by atoms with Gasteiger partial charge in [-0.05, 0) is 38.8 Å². The second-order valence-corrected chi connectivity index (χ2v) is 9.58. The van der Waals surface area contributed by atoms with E-state index in [-0.39, 0.29) is 21.3 Å². The molecule has 0 radical (unpaired) electrons. The largest absolute Gasteiger partial charge is 0.449 e. The van der Waals surface area contributed by atoms with Crippen molar-refractivity contribution in [1.82, 2.24) is 5.16 Å². The number of nitrogens with zero attached hydrogens (tertiary/aromatic N) is 3. The number of carbonyl (C=O) groups excluding carboxylic acids is 2. The summed E-state index contributed by atoms with van der Waals surface area (Å²) in [6, 6.07) is 4.11. The molecule has 32 heavy (non-hydrogen) atoms. The van der Waals surface area contributed by atoms with Crippen LogP contribution in [0.5, 0.6) is 0 Å². The number of halogens is 1. The number of benzene rings is 1. The van der Waals surface area contributed by atoms with E-state index in [0.29, 0.717) is 30.2 Å². The maximum Gasteiger partial charge on any atom is 0.340 e. The van der Waals surface area contributed by atoms with Crippen LogP contribution >= 0.6 is 11.6 Å². The topological polar surface area (TPSA) is 131 Å². The van der Waals surface area contributed by atoms with E-state index in [1.54, 1.807) is 6.92 Å². The minimum Gasteiger partial charge on any atom is -0.449 e. The van der Waals surface area contributed by atoms with Crippen molar-refractivity contribution in [2.45, 2.75) is 50.5 Å². The van der Waals surface area contributed by atoms with Gasteiger partial charge in [-0.15, -0.1) is 4.40 Å². The number of sulfonamides is 1. The average Bonchev–Trinajstić information content (AvgIpc) is 2.98. The van der Waals surface area contributed by atoms with Crippen molar-refractivity contribution in [3.05, 3.63) is 34.5 Å². The van der Waals surface area contributed by atoms with Gasteiger partial charge in [-0.3, -0.25) is 4.79 Å². The maximum absolute atomic E-state index is 12.8. The van der Waals surface area contributed by atoms with Crippen molar-refractivity contribution >= 4 is 50.8 Å². The van der Waals surface area contributed by atoms with Gasteiger partial charge in [-0.25, -0.2) is 4.79 Å². The molecule has 2 aliphatic rings. The molecule has 3 heterocycles. The van der Waals surface area contributed by atoms with Gasteiger partial charge in [0.1, 0.15) is 16.5 Å². The van der Waals surface area contributed by atoms with Crippen molar-refractivity contribution in [2.75, 3.05) is 16.8 Å². The fourth-order valence-electron chi connectivity index (χ4n) is 3.58. The van der Waals surface area contributed by atoms with Crippen molar-refractivity contribution in [2.24, 2.45) is 4.40 Å². The third-order valence-electron chi connectivity index (χ3n) is 5.19. The standard InChI is InChI=1S/C20H21ClN4O6S/c1-11-8-17(23-31-11)22-19(26)12(2)30-20(27)13-9-16-15(10-14(13)21)25-7-5-3-4-6-18(25)24-32(16,28)29/h8-10,12H,3-7H2,1-2H3,(H,22,23,26). The highest BCUT2D eigenvalue weighted by molar-refractivity contribution is 7.90. The summed E-state index contributed by atoms with van der Waals surface area (Å²) < 4.78 is 39.6. The Morgan fingerprint density at radius 3 is 2.75 bits per heavy atom. The maximum atomic E-state index is 12.8. The predicted molar refractivity (Wildman–Crippen MR) is 117 cm³/mol. The first-order valence-corrected chi connectivity index (χ1v) is 11.9. The van der Waals surface area contributed by atoms with Crippen LogP contribution in [0.15, 0.2) is 32.0 Å². The van der Waals surface area contributed by atoms with E-state index in [4.69, 9.17) is 20.9 Å². The van der Waals surface area contributed by atoms with Crippen LogP contribution in [0.1, 0.15) is 48.7 Å². The monoisotopic (exact) mass is 480 g/mol. The minimum atomic E-state index is -4.00. The van der Waals surface area contributed by atoms with Crippen LogP contribution < -0.4 is 10.2 Å². The summed E-state index contributed by atoms with van der Waals surface area (Å²) in [5, 5.41) is 6.12. The Kier molecular flexibility index (Phi) is 5.95. The SMILES string of the molecule is Cc1cc(NC(=O)C(C)OC(=O)c2cc3c(cc2Cl)N2CCCCCC2=NS3(=O)=O)no1. The molecular weight excluding hydrogens is 460 g/mol. The second kappa shape index (κ2) is 8.55. The Bertz CT molecular complexity index is 1220. The van der Waals surface area contributed by atoms with Crippen molar-refractivity contribution in [3.63, 3.8) is 0 Å². The number of hydrogen-bond donors (Lipinski definition) is 1. The number of anilines is 2. The molecule has 0 saturated carbocycles. The number of fused-ring (bicyclic) bond motifs is 3. The second-order valence-electron chi connectivity index (χ2n) is 7.60. The van der Waals surface area contributed by atoms with E-state index in [0.717, 1.165) is 25.3 Å². The van der Waals surface area contributed by atoms with Crippen molar-refractivity contribution in [3.8, 4) is 0 Å². The summed E-state index contributed by atoms with van der Waals surface area (Å²) in [6.45, 7) is 3.65. The summed E-state index contributed by atoms with van der Waals surface area (Å²) in [6.07, 6.45) is 2.07. The van der Waals surface area contributed by atoms with Gasteiger partial charge in [-0.1, -0.05) is 23.2 Å². The van der Waals surface area contributed by atoms with Gasteiger partial charge in [0.05, 0.1) is 16.3 Å². The zero-order valence-corrected chi connectivity index (χ0v) is 19.0. The lowest BCUT2D eigenvalue weighted by Crippen LogP contribution is -2.35. The van der Waals surface area contributed by atoms with Gasteiger partial charge >= 0.3 is 5.97 Å². The van der Waals surface area contributed by atoms with Gasteiger partial charge in [0.15, 0.2) is 11.9 Å². The summed E-state index contributed by atoms with van der Waals surface area (Å²) >= 11 is 6.33. The Hall–Kier alpha value is -2.92. The first kappa shape index (κ1) is 22.3. The molecule has 10 nitrogen and oxygen atoms in total. The first-order chi connectivity index (χ1) is 15.2. The third-order valence-corrected chi connectivity index (χ3v) is 6.84. The van der Waals surface area contributed by atoms with Gasteiger partial charge in [-0.2, -0.15) is 8.42 Å². The first-order valence-electron chi connectivity index (χ1n) is 10.1. The molecule has 12 heteroatoms. The van der Waals surface area contributed by atoms with E-state index in [9.17, 15) is 18.0 Å². The fourth-order valence-corrected chi connectivity index (χ4v) is 5.08. The van der Waals surface area contributed by atoms with Crippen LogP contribution in [0.3, 0.4) is 0 Å². The fraction of sp³-hybridized carbons (Fsp3) is 0.400. The zero-order chi connectivity index (χ0) is 23.0. The number of carbonyl (C=O) groups is 2. The van der Waals surface area contributed by atoms with E-state index in [2.05, 4.69) is 14.9 Å². The molecule has 170 valence electrons. The van der Waals surface area contributed by atoms with Crippen LogP contribution in [0.25, 0.3) is 0 Å². The van der Waals surface area contributed by atoms with Gasteiger partial charge in [0.25, 0.3) is 15.9 Å². The number of amidine groups is 1. The van der Waals surface area contributed by atoms with Crippen LogP contribution in [0.4, 0.5) is 11.5 Å². The number of esters is 1. The quantitative estimate of drug-likeness (QED) is 0.659. The number of rotatable bonds is 4. The zero-order valence-electron chi connectivity index (χ0n) is 17.4. The molecule has 2 aromatic rings. The molecule has 1 aromatic carbocycles. The molecule has 0 aliphatic carbocycles. The number of ether oxygens (including phenoxy) is 1. The highest BCUT2D eigenvalue weighted by atomic mass is 35.5. The lowest BCUT2D eigenvalue weighted by molar-refractivity contribution is -0.123. The van der Waals surface area contributed by atoms with Crippen LogP contribution in [0, 0.1) is 6.92 Å². The van der Waals surface area contributed by atoms with E-state index in [1.165, 1.54) is 19.1 Å². The average molecular weight is 481 g/mol. The molecule has 1 amide bonds. The summed E-state index contributed by atoms with van der Waals surface area (Å²) in [4.78, 5) is 26.7. The van der Waals surface area contributed by atoms with E-state index < -0.39 is 28.0 Å². The molecule has 2 aliphatic heterocycles. The van der Waals surface area contributed by atoms with Crippen molar-refractivity contribution < 1.29 is 27.3 Å². The molecule has 0 bridgehead atoms. The molecule has 0 spiro atoms. The number of aryl methyl sites for hydroxylation is 1. The molecule has 1 saturated heterocycles. The molecule has 1 N–H and O–H groups in total. The Morgan fingerprint density at radius 2 is 2.03 bits per heavy atom. The van der Waals surface area contributed by atoms with Crippen LogP contribution in [-0.2, 0) is 19.6 Å². The Labute approximate surface area is 189 Å². The number of hydrogen-bond acceptors (Lipinski definition) is 8. The smallest absolute Gasteiger partial charge is 0.340 e. The highest BCUT2D eigenvalue weighted by Gasteiger charge is 2.34. The van der Waals surface area contributed by atoms with E-state index >= 15 is 0 Å². The van der Waals surface area contributed by atoms with Gasteiger partial charge in [0, 0.05) is 19.0 Å². The highest BCUT2D eigenvalue weighted by Crippen LogP contribution is 2.38. The Morgan fingerprint density at radius 1 is 1.25 bits per heavy atom. The summed E-state index contributed by atoms with van der Waals surface area (Å²) in [7, 11) is -4.00. The van der Waals surface area contributed by atoms with Gasteiger partial charge in [0.2, 0.25) is 0 Å². The lowest BCUT2D eigenvalue weighted by atomic mass is 10.1.